The van der Waals surface area contributed by atoms with Gasteiger partial charge in [0.25, 0.3) is 11.8 Å². The lowest BCUT2D eigenvalue weighted by Crippen LogP contribution is -2.48. The van der Waals surface area contributed by atoms with Crippen LogP contribution in [0.3, 0.4) is 0 Å². The van der Waals surface area contributed by atoms with Crippen LogP contribution in [0.15, 0.2) is 54.2 Å². The van der Waals surface area contributed by atoms with E-state index < -0.39 is 23.7 Å². The molecular weight excluding hydrogens is 401 g/mol. The molecule has 3 N–H and O–H groups in total. The zero-order valence-electron chi connectivity index (χ0n) is 17.7. The Labute approximate surface area is 180 Å². The summed E-state index contributed by atoms with van der Waals surface area (Å²) in [5.41, 5.74) is 3.43. The topological polar surface area (TPSA) is 100 Å². The first kappa shape index (κ1) is 23.6. The van der Waals surface area contributed by atoms with E-state index in [9.17, 15) is 19.1 Å². The lowest BCUT2D eigenvalue weighted by molar-refractivity contribution is -0.123. The van der Waals surface area contributed by atoms with E-state index in [-0.39, 0.29) is 23.0 Å². The number of carbonyl (C=O) groups excluding carboxylic acids is 2. The fourth-order valence-electron chi connectivity index (χ4n) is 2.87. The summed E-state index contributed by atoms with van der Waals surface area (Å²) in [6, 6.07) is 7.88. The Hall–Kier alpha value is -3.68. The number of phenols is 1. The van der Waals surface area contributed by atoms with E-state index in [2.05, 4.69) is 22.4 Å². The standard InChI is InChI=1S/C23H26FN3O4/c1-5-8-16-11-15(12-19(31-4)21(16)28)13-25-27-23(30)20(14(2)3)26-22(29)17-9-6-7-10-18(17)24/h5-7,9-14,20,28H,1,8H2,2-4H3,(H,26,29)(H,27,30)/b25-13+. The summed E-state index contributed by atoms with van der Waals surface area (Å²) < 4.78 is 19.0. The van der Waals surface area contributed by atoms with Crippen molar-refractivity contribution >= 4 is 18.0 Å². The van der Waals surface area contributed by atoms with Gasteiger partial charge in [-0.2, -0.15) is 5.10 Å². The molecule has 0 fully saturated rings. The summed E-state index contributed by atoms with van der Waals surface area (Å²) in [4.78, 5) is 24.9. The molecule has 1 unspecified atom stereocenters. The number of benzene rings is 2. The van der Waals surface area contributed by atoms with E-state index in [4.69, 9.17) is 4.74 Å². The molecular formula is C23H26FN3O4. The van der Waals surface area contributed by atoms with E-state index in [1.807, 2.05) is 0 Å². The molecule has 31 heavy (non-hydrogen) atoms. The Kier molecular flexibility index (Phi) is 8.31. The highest BCUT2D eigenvalue weighted by Gasteiger charge is 2.25. The van der Waals surface area contributed by atoms with Crippen molar-refractivity contribution < 1.29 is 23.8 Å². The molecule has 2 amide bonds. The molecule has 2 aromatic carbocycles. The number of phenolic OH excluding ortho intramolecular Hbond substituents is 1. The number of hydrogen-bond acceptors (Lipinski definition) is 5. The van der Waals surface area contributed by atoms with Crippen molar-refractivity contribution in [2.75, 3.05) is 7.11 Å². The third-order valence-corrected chi connectivity index (χ3v) is 4.50. The number of methoxy groups -OCH3 is 1. The average Bonchev–Trinajstić information content (AvgIpc) is 2.74. The first-order valence-corrected chi connectivity index (χ1v) is 9.67. The molecule has 0 saturated heterocycles. The first-order chi connectivity index (χ1) is 14.8. The summed E-state index contributed by atoms with van der Waals surface area (Å²) in [6.07, 6.45) is 3.46. The number of nitrogens with zero attached hydrogens (tertiary/aromatic N) is 1. The Morgan fingerprint density at radius 3 is 2.61 bits per heavy atom. The second-order valence-corrected chi connectivity index (χ2v) is 7.13. The lowest BCUT2D eigenvalue weighted by atomic mass is 10.0. The molecule has 0 aliphatic carbocycles. The highest BCUT2D eigenvalue weighted by Crippen LogP contribution is 2.31. The zero-order valence-corrected chi connectivity index (χ0v) is 17.7. The minimum atomic E-state index is -0.921. The van der Waals surface area contributed by atoms with Gasteiger partial charge in [-0.3, -0.25) is 9.59 Å². The molecule has 1 atom stereocenters. The highest BCUT2D eigenvalue weighted by atomic mass is 19.1. The predicted molar refractivity (Wildman–Crippen MR) is 117 cm³/mol. The number of ether oxygens (including phenoxy) is 1. The third-order valence-electron chi connectivity index (χ3n) is 4.50. The maximum absolute atomic E-state index is 13.8. The molecule has 0 heterocycles. The minimum absolute atomic E-state index is 0.0133. The van der Waals surface area contributed by atoms with Gasteiger partial charge in [0.05, 0.1) is 18.9 Å². The van der Waals surface area contributed by atoms with Gasteiger partial charge in [-0.05, 0) is 42.2 Å². The number of nitrogens with one attached hydrogen (secondary N) is 2. The number of allylic oxidation sites excluding steroid dienone is 1. The van der Waals surface area contributed by atoms with Crippen LogP contribution >= 0.6 is 0 Å². The van der Waals surface area contributed by atoms with Gasteiger partial charge in [0.1, 0.15) is 11.9 Å². The van der Waals surface area contributed by atoms with Crippen molar-refractivity contribution in [3.63, 3.8) is 0 Å². The fraction of sp³-hybridized carbons (Fsp3) is 0.261. The van der Waals surface area contributed by atoms with Crippen LogP contribution in [0.2, 0.25) is 0 Å². The molecule has 2 rings (SSSR count). The van der Waals surface area contributed by atoms with E-state index >= 15 is 0 Å². The molecule has 0 aliphatic rings. The maximum Gasteiger partial charge on any atom is 0.262 e. The van der Waals surface area contributed by atoms with Crippen molar-refractivity contribution in [2.24, 2.45) is 11.0 Å². The Morgan fingerprint density at radius 2 is 2.00 bits per heavy atom. The van der Waals surface area contributed by atoms with Crippen LogP contribution in [0.4, 0.5) is 4.39 Å². The second-order valence-electron chi connectivity index (χ2n) is 7.13. The number of amides is 2. The SMILES string of the molecule is C=CCc1cc(/C=N/NC(=O)C(NC(=O)c2ccccc2F)C(C)C)cc(OC)c1O. The van der Waals surface area contributed by atoms with Crippen LogP contribution in [0.5, 0.6) is 11.5 Å². The van der Waals surface area contributed by atoms with E-state index in [1.165, 1.54) is 31.5 Å². The number of hydrazone groups is 1. The van der Waals surface area contributed by atoms with Crippen molar-refractivity contribution in [1.82, 2.24) is 10.7 Å². The molecule has 0 radical (unpaired) electrons. The van der Waals surface area contributed by atoms with Crippen molar-refractivity contribution in [3.8, 4) is 11.5 Å². The first-order valence-electron chi connectivity index (χ1n) is 9.67. The number of hydrogen-bond donors (Lipinski definition) is 3. The summed E-state index contributed by atoms with van der Waals surface area (Å²) >= 11 is 0. The normalized spacial score (nSPS) is 11.9. The lowest BCUT2D eigenvalue weighted by Gasteiger charge is -2.20. The molecule has 2 aromatic rings. The van der Waals surface area contributed by atoms with Crippen molar-refractivity contribution in [2.45, 2.75) is 26.3 Å². The minimum Gasteiger partial charge on any atom is -0.504 e. The molecule has 0 saturated carbocycles. The summed E-state index contributed by atoms with van der Waals surface area (Å²) in [7, 11) is 1.43. The van der Waals surface area contributed by atoms with E-state index in [0.29, 0.717) is 17.5 Å². The zero-order chi connectivity index (χ0) is 23.0. The highest BCUT2D eigenvalue weighted by molar-refractivity contribution is 5.98. The van der Waals surface area contributed by atoms with Crippen molar-refractivity contribution in [3.05, 3.63) is 71.6 Å². The molecule has 0 aliphatic heterocycles. The van der Waals surface area contributed by atoms with Crippen LogP contribution < -0.4 is 15.5 Å². The fourth-order valence-corrected chi connectivity index (χ4v) is 2.87. The summed E-state index contributed by atoms with van der Waals surface area (Å²) in [5, 5.41) is 16.6. The summed E-state index contributed by atoms with van der Waals surface area (Å²) in [5.74, 6) is -1.89. The molecule has 0 bridgehead atoms. The maximum atomic E-state index is 13.8. The average molecular weight is 427 g/mol. The monoisotopic (exact) mass is 427 g/mol. The number of carbonyl (C=O) groups is 2. The van der Waals surface area contributed by atoms with Crippen LogP contribution in [0.1, 0.15) is 35.3 Å². The number of rotatable bonds is 9. The quantitative estimate of drug-likeness (QED) is 0.325. The van der Waals surface area contributed by atoms with Gasteiger partial charge in [-0.1, -0.05) is 32.1 Å². The molecule has 164 valence electrons. The Balaban J connectivity index is 2.12. The summed E-state index contributed by atoms with van der Waals surface area (Å²) in [6.45, 7) is 7.16. The van der Waals surface area contributed by atoms with Gasteiger partial charge < -0.3 is 15.2 Å². The molecule has 7 nitrogen and oxygen atoms in total. The van der Waals surface area contributed by atoms with Crippen LogP contribution in [-0.2, 0) is 11.2 Å². The second kappa shape index (κ2) is 10.9. The van der Waals surface area contributed by atoms with Crippen LogP contribution in [0.25, 0.3) is 0 Å². The van der Waals surface area contributed by atoms with Gasteiger partial charge in [0.2, 0.25) is 0 Å². The smallest absolute Gasteiger partial charge is 0.262 e. The Morgan fingerprint density at radius 1 is 1.29 bits per heavy atom. The van der Waals surface area contributed by atoms with Crippen LogP contribution in [0, 0.1) is 11.7 Å². The van der Waals surface area contributed by atoms with Gasteiger partial charge in [-0.25, -0.2) is 9.82 Å². The molecule has 0 aromatic heterocycles. The van der Waals surface area contributed by atoms with Gasteiger partial charge in [0, 0.05) is 5.56 Å². The van der Waals surface area contributed by atoms with Gasteiger partial charge in [-0.15, -0.1) is 6.58 Å². The number of halogens is 1. The molecule has 0 spiro atoms. The third kappa shape index (κ3) is 6.15. The predicted octanol–water partition coefficient (Wildman–Crippen LogP) is 3.17. The van der Waals surface area contributed by atoms with E-state index in [0.717, 1.165) is 0 Å². The van der Waals surface area contributed by atoms with E-state index in [1.54, 1.807) is 38.1 Å². The van der Waals surface area contributed by atoms with Crippen molar-refractivity contribution in [1.29, 1.82) is 0 Å². The van der Waals surface area contributed by atoms with Gasteiger partial charge >= 0.3 is 0 Å². The molecule has 8 heteroatoms. The number of aromatic hydroxyl groups is 1. The largest absolute Gasteiger partial charge is 0.504 e. The Bertz CT molecular complexity index is 989. The van der Waals surface area contributed by atoms with Gasteiger partial charge in [0.15, 0.2) is 11.5 Å². The van der Waals surface area contributed by atoms with Crippen LogP contribution in [-0.4, -0.2) is 36.3 Å².